The van der Waals surface area contributed by atoms with E-state index in [1.54, 1.807) is 0 Å². The van der Waals surface area contributed by atoms with Crippen molar-refractivity contribution in [2.45, 2.75) is 25.9 Å². The van der Waals surface area contributed by atoms with Crippen LogP contribution in [0.1, 0.15) is 30.4 Å². The van der Waals surface area contributed by atoms with E-state index in [4.69, 9.17) is 9.47 Å². The molecule has 0 N–H and O–H groups in total. The summed E-state index contributed by atoms with van der Waals surface area (Å²) in [6, 6.07) is 4.00. The second kappa shape index (κ2) is 4.97. The smallest absolute Gasteiger partial charge is 0.189 e. The largest absolute Gasteiger partial charge is 0.467 e. The van der Waals surface area contributed by atoms with E-state index >= 15 is 0 Å². The number of ether oxygens (including phenoxy) is 2. The van der Waals surface area contributed by atoms with Crippen molar-refractivity contribution in [3.05, 3.63) is 27.7 Å². The van der Waals surface area contributed by atoms with E-state index in [1.165, 1.54) is 0 Å². The van der Waals surface area contributed by atoms with Crippen LogP contribution >= 0.6 is 15.9 Å². The van der Waals surface area contributed by atoms with Crippen molar-refractivity contribution < 1.29 is 14.3 Å². The Balaban J connectivity index is 2.42. The number of hydrogen-bond donors (Lipinski definition) is 0. The SMILES string of the molecule is CC(CC=O)c1cc(Br)cc2c1OCOC2. The topological polar surface area (TPSA) is 35.5 Å². The Kier molecular flexibility index (Phi) is 3.61. The fraction of sp³-hybridized carbons (Fsp3) is 0.417. The molecule has 0 saturated heterocycles. The molecule has 1 unspecified atom stereocenters. The van der Waals surface area contributed by atoms with Crippen molar-refractivity contribution in [3.8, 4) is 5.75 Å². The number of carbonyl (C=O) groups excluding carboxylic acids is 1. The predicted octanol–water partition coefficient (Wildman–Crippen LogP) is 3.01. The number of carbonyl (C=O) groups is 1. The molecule has 0 amide bonds. The quantitative estimate of drug-likeness (QED) is 0.801. The number of benzene rings is 1. The molecule has 0 radical (unpaired) electrons. The Hall–Kier alpha value is -0.870. The third-order valence-electron chi connectivity index (χ3n) is 2.68. The average Bonchev–Trinajstić information content (AvgIpc) is 2.28. The molecule has 86 valence electrons. The van der Waals surface area contributed by atoms with E-state index in [2.05, 4.69) is 15.9 Å². The summed E-state index contributed by atoms with van der Waals surface area (Å²) < 4.78 is 11.7. The van der Waals surface area contributed by atoms with Gasteiger partial charge in [-0.15, -0.1) is 0 Å². The van der Waals surface area contributed by atoms with Crippen LogP contribution in [0.25, 0.3) is 0 Å². The molecule has 1 aliphatic heterocycles. The molecule has 1 aliphatic rings. The third-order valence-corrected chi connectivity index (χ3v) is 3.14. The van der Waals surface area contributed by atoms with E-state index < -0.39 is 0 Å². The Morgan fingerprint density at radius 2 is 2.38 bits per heavy atom. The molecule has 16 heavy (non-hydrogen) atoms. The van der Waals surface area contributed by atoms with Crippen LogP contribution in [0.15, 0.2) is 16.6 Å². The van der Waals surface area contributed by atoms with Crippen molar-refractivity contribution in [2.75, 3.05) is 6.79 Å². The number of aldehydes is 1. The van der Waals surface area contributed by atoms with Gasteiger partial charge in [-0.2, -0.15) is 0 Å². The summed E-state index contributed by atoms with van der Waals surface area (Å²) in [6.45, 7) is 2.88. The van der Waals surface area contributed by atoms with Crippen LogP contribution in [0.4, 0.5) is 0 Å². The molecule has 1 heterocycles. The lowest BCUT2D eigenvalue weighted by Gasteiger charge is -2.23. The summed E-state index contributed by atoms with van der Waals surface area (Å²) in [7, 11) is 0. The molecular formula is C12H13BrO3. The molecule has 1 aromatic carbocycles. The van der Waals surface area contributed by atoms with Crippen LogP contribution in [-0.4, -0.2) is 13.1 Å². The summed E-state index contributed by atoms with van der Waals surface area (Å²) in [6.07, 6.45) is 1.45. The van der Waals surface area contributed by atoms with Gasteiger partial charge in [0.15, 0.2) is 6.79 Å². The number of fused-ring (bicyclic) bond motifs is 1. The van der Waals surface area contributed by atoms with Crippen molar-refractivity contribution >= 4 is 22.2 Å². The molecule has 1 aromatic rings. The molecule has 1 atom stereocenters. The van der Waals surface area contributed by atoms with Crippen molar-refractivity contribution in [2.24, 2.45) is 0 Å². The maximum atomic E-state index is 10.6. The van der Waals surface area contributed by atoms with Crippen LogP contribution in [0.3, 0.4) is 0 Å². The lowest BCUT2D eigenvalue weighted by molar-refractivity contribution is -0.108. The molecule has 0 bridgehead atoms. The molecule has 3 nitrogen and oxygen atoms in total. The Labute approximate surface area is 103 Å². The highest BCUT2D eigenvalue weighted by atomic mass is 79.9. The van der Waals surface area contributed by atoms with Gasteiger partial charge in [0, 0.05) is 16.5 Å². The molecule has 4 heteroatoms. The van der Waals surface area contributed by atoms with Crippen molar-refractivity contribution in [1.82, 2.24) is 0 Å². The van der Waals surface area contributed by atoms with Crippen LogP contribution in [0.5, 0.6) is 5.75 Å². The average molecular weight is 285 g/mol. The third kappa shape index (κ3) is 2.28. The Morgan fingerprint density at radius 1 is 1.56 bits per heavy atom. The number of halogens is 1. The summed E-state index contributed by atoms with van der Waals surface area (Å²) in [4.78, 5) is 10.6. The van der Waals surface area contributed by atoms with Gasteiger partial charge in [0.2, 0.25) is 0 Å². The van der Waals surface area contributed by atoms with Crippen LogP contribution in [-0.2, 0) is 16.1 Å². The van der Waals surface area contributed by atoms with Crippen LogP contribution in [0, 0.1) is 0 Å². The van der Waals surface area contributed by atoms with Gasteiger partial charge in [0.25, 0.3) is 0 Å². The Bertz CT molecular complexity index is 403. The zero-order chi connectivity index (χ0) is 11.5. The minimum atomic E-state index is 0.168. The van der Waals surface area contributed by atoms with Crippen LogP contribution in [0.2, 0.25) is 0 Å². The van der Waals surface area contributed by atoms with Gasteiger partial charge < -0.3 is 14.3 Å². The van der Waals surface area contributed by atoms with Gasteiger partial charge in [-0.05, 0) is 23.6 Å². The number of hydrogen-bond acceptors (Lipinski definition) is 3. The first kappa shape index (κ1) is 11.6. The van der Waals surface area contributed by atoms with Gasteiger partial charge in [-0.3, -0.25) is 0 Å². The van der Waals surface area contributed by atoms with Gasteiger partial charge in [-0.1, -0.05) is 22.9 Å². The molecule has 2 rings (SSSR count). The first-order chi connectivity index (χ1) is 7.72. The zero-order valence-electron chi connectivity index (χ0n) is 9.03. The fourth-order valence-corrected chi connectivity index (χ4v) is 2.37. The van der Waals surface area contributed by atoms with Crippen molar-refractivity contribution in [3.63, 3.8) is 0 Å². The van der Waals surface area contributed by atoms with E-state index in [-0.39, 0.29) is 12.7 Å². The standard InChI is InChI=1S/C12H13BrO3/c1-8(2-3-14)11-5-10(13)4-9-6-15-7-16-12(9)11/h3-5,8H,2,6-7H2,1H3. The normalized spacial score (nSPS) is 16.1. The molecule has 0 saturated carbocycles. The number of rotatable bonds is 3. The summed E-state index contributed by atoms with van der Waals surface area (Å²) in [5.41, 5.74) is 2.10. The van der Waals surface area contributed by atoms with Gasteiger partial charge in [0.1, 0.15) is 12.0 Å². The maximum Gasteiger partial charge on any atom is 0.189 e. The maximum absolute atomic E-state index is 10.6. The summed E-state index contributed by atoms with van der Waals surface area (Å²) in [5.74, 6) is 1.05. The second-order valence-corrected chi connectivity index (χ2v) is 4.81. The first-order valence-corrected chi connectivity index (χ1v) is 5.98. The molecular weight excluding hydrogens is 272 g/mol. The Morgan fingerprint density at radius 3 is 3.12 bits per heavy atom. The van der Waals surface area contributed by atoms with E-state index in [0.29, 0.717) is 13.0 Å². The molecule has 0 aromatic heterocycles. The first-order valence-electron chi connectivity index (χ1n) is 5.19. The monoisotopic (exact) mass is 284 g/mol. The van der Waals surface area contributed by atoms with E-state index in [1.807, 2.05) is 19.1 Å². The lowest BCUT2D eigenvalue weighted by atomic mass is 9.95. The predicted molar refractivity (Wildman–Crippen MR) is 63.5 cm³/mol. The second-order valence-electron chi connectivity index (χ2n) is 3.90. The fourth-order valence-electron chi connectivity index (χ4n) is 1.85. The van der Waals surface area contributed by atoms with Gasteiger partial charge in [0.05, 0.1) is 6.61 Å². The highest BCUT2D eigenvalue weighted by molar-refractivity contribution is 9.10. The van der Waals surface area contributed by atoms with E-state index in [9.17, 15) is 4.79 Å². The highest BCUT2D eigenvalue weighted by Gasteiger charge is 2.19. The summed E-state index contributed by atoms with van der Waals surface area (Å²) in [5, 5.41) is 0. The summed E-state index contributed by atoms with van der Waals surface area (Å²) >= 11 is 3.46. The van der Waals surface area contributed by atoms with Gasteiger partial charge >= 0.3 is 0 Å². The van der Waals surface area contributed by atoms with Gasteiger partial charge in [-0.25, -0.2) is 0 Å². The van der Waals surface area contributed by atoms with Crippen LogP contribution < -0.4 is 4.74 Å². The highest BCUT2D eigenvalue weighted by Crippen LogP contribution is 2.36. The van der Waals surface area contributed by atoms with Crippen molar-refractivity contribution in [1.29, 1.82) is 0 Å². The minimum Gasteiger partial charge on any atom is -0.467 e. The molecule has 0 aliphatic carbocycles. The lowest BCUT2D eigenvalue weighted by Crippen LogP contribution is -2.14. The molecule has 0 spiro atoms. The zero-order valence-corrected chi connectivity index (χ0v) is 10.6. The van der Waals surface area contributed by atoms with E-state index in [0.717, 1.165) is 27.6 Å². The molecule has 0 fully saturated rings. The minimum absolute atomic E-state index is 0.168.